The number of likely N-dealkylation sites (tertiary alicyclic amines) is 1. The van der Waals surface area contributed by atoms with Gasteiger partial charge in [0.2, 0.25) is 17.1 Å². The van der Waals surface area contributed by atoms with Crippen LogP contribution in [-0.2, 0) is 33.0 Å². The number of aliphatic hydroxyl groups excluding tert-OH is 1. The average molecular weight is 920 g/mol. The maximum atomic E-state index is 14.0. The van der Waals surface area contributed by atoms with Crippen LogP contribution in [0, 0.1) is 5.92 Å². The summed E-state index contributed by atoms with van der Waals surface area (Å²) in [5, 5.41) is 39.9. The number of hydrogen-bond donors (Lipinski definition) is 6. The van der Waals surface area contributed by atoms with Gasteiger partial charge in [0.1, 0.15) is 11.5 Å². The van der Waals surface area contributed by atoms with Gasteiger partial charge in [0, 0.05) is 49.7 Å². The van der Waals surface area contributed by atoms with E-state index in [2.05, 4.69) is 44.8 Å². The number of carbonyl (C=O) groups excluding carboxylic acids is 3. The molecule has 2 unspecified atom stereocenters. The number of phenols is 1. The van der Waals surface area contributed by atoms with E-state index < -0.39 is 23.6 Å². The number of ether oxygens (including phenoxy) is 2. The zero-order valence-electron chi connectivity index (χ0n) is 38.0. The third-order valence-corrected chi connectivity index (χ3v) is 12.9. The Morgan fingerprint density at radius 2 is 1.60 bits per heavy atom. The number of aromatic nitrogens is 1. The van der Waals surface area contributed by atoms with Crippen molar-refractivity contribution in [2.75, 3.05) is 53.0 Å². The molecule has 14 heteroatoms. The summed E-state index contributed by atoms with van der Waals surface area (Å²) in [5.74, 6) is -1.02. The Kier molecular flexibility index (Phi) is 15.1. The van der Waals surface area contributed by atoms with E-state index in [1.165, 1.54) is 24.8 Å². The molecule has 1 saturated heterocycles. The van der Waals surface area contributed by atoms with Gasteiger partial charge in [-0.3, -0.25) is 19.3 Å². The molecule has 0 bridgehead atoms. The summed E-state index contributed by atoms with van der Waals surface area (Å²) in [6.45, 7) is 3.92. The highest BCUT2D eigenvalue weighted by Gasteiger charge is 2.42. The maximum absolute atomic E-state index is 14.0. The number of methoxy groups -OCH3 is 1. The van der Waals surface area contributed by atoms with E-state index in [0.717, 1.165) is 49.2 Å². The summed E-state index contributed by atoms with van der Waals surface area (Å²) in [6, 6.07) is 37.6. The normalized spacial score (nSPS) is 15.8. The first-order chi connectivity index (χ1) is 33.0. The van der Waals surface area contributed by atoms with Gasteiger partial charge in [-0.2, -0.15) is 0 Å². The minimum atomic E-state index is -2.04. The number of piperidine rings is 1. The van der Waals surface area contributed by atoms with E-state index >= 15 is 0 Å². The van der Waals surface area contributed by atoms with Crippen LogP contribution in [0.5, 0.6) is 11.5 Å². The average Bonchev–Trinajstić information content (AvgIpc) is 3.38. The van der Waals surface area contributed by atoms with Crippen LogP contribution in [0.25, 0.3) is 16.5 Å². The zero-order valence-corrected chi connectivity index (χ0v) is 38.0. The summed E-state index contributed by atoms with van der Waals surface area (Å²) in [6.07, 6.45) is 3.32. The number of H-pyrrole nitrogens is 1. The van der Waals surface area contributed by atoms with Crippen LogP contribution in [0.3, 0.4) is 0 Å². The second-order valence-electron chi connectivity index (χ2n) is 17.4. The van der Waals surface area contributed by atoms with Crippen molar-refractivity contribution < 1.29 is 39.2 Å². The standard InChI is InChI=1S/C54H57N5O9/c1-67-48-29-38(31-55-32-47(61)43-17-19-46(60)51-44(43)18-20-49(62)57-51)15-16-45(48)52(64)56-33-50(63)59-27-23-39(24-28-59)40-11-8-14-42(30-40)54(66,41-12-6-3-7-13-41)53(65)68-35-37-21-25-58(26-22-37)34-36-9-4-2-5-10-36/h2-20,23,29-30,37,47,55,60-61,66H,21-22,24-28,31-35H2,1H3,(H,56,64)(H,57,62). The van der Waals surface area contributed by atoms with E-state index in [0.29, 0.717) is 53.9 Å². The van der Waals surface area contributed by atoms with Crippen LogP contribution in [0.4, 0.5) is 0 Å². The van der Waals surface area contributed by atoms with E-state index in [1.807, 2.05) is 36.4 Å². The lowest BCUT2D eigenvalue weighted by atomic mass is 9.84. The van der Waals surface area contributed by atoms with Crippen LogP contribution in [0.2, 0.25) is 0 Å². The van der Waals surface area contributed by atoms with E-state index in [4.69, 9.17) is 9.47 Å². The lowest BCUT2D eigenvalue weighted by Crippen LogP contribution is -2.42. The number of carbonyl (C=O) groups is 3. The van der Waals surface area contributed by atoms with Crippen molar-refractivity contribution in [3.63, 3.8) is 0 Å². The number of rotatable bonds is 17. The second-order valence-corrected chi connectivity index (χ2v) is 17.4. The zero-order chi connectivity index (χ0) is 47.6. The van der Waals surface area contributed by atoms with Gasteiger partial charge in [0.25, 0.3) is 5.91 Å². The molecule has 2 aliphatic rings. The monoisotopic (exact) mass is 919 g/mol. The lowest BCUT2D eigenvalue weighted by Gasteiger charge is -2.33. The number of amides is 2. The molecule has 6 aromatic rings. The predicted molar refractivity (Wildman–Crippen MR) is 259 cm³/mol. The maximum Gasteiger partial charge on any atom is 0.347 e. The van der Waals surface area contributed by atoms with Crippen molar-refractivity contribution >= 4 is 34.3 Å². The lowest BCUT2D eigenvalue weighted by molar-refractivity contribution is -0.164. The summed E-state index contributed by atoms with van der Waals surface area (Å²) < 4.78 is 11.5. The van der Waals surface area contributed by atoms with Gasteiger partial charge in [0.05, 0.1) is 37.4 Å². The number of esters is 1. The number of hydrogen-bond acceptors (Lipinski definition) is 11. The quantitative estimate of drug-likeness (QED) is 0.0606. The van der Waals surface area contributed by atoms with Crippen molar-refractivity contribution in [1.29, 1.82) is 0 Å². The van der Waals surface area contributed by atoms with Crippen molar-refractivity contribution in [2.24, 2.45) is 5.92 Å². The molecule has 68 heavy (non-hydrogen) atoms. The smallest absolute Gasteiger partial charge is 0.347 e. The van der Waals surface area contributed by atoms with Crippen LogP contribution >= 0.6 is 0 Å². The van der Waals surface area contributed by atoms with Gasteiger partial charge in [0.15, 0.2) is 0 Å². The first-order valence-electron chi connectivity index (χ1n) is 23.0. The Morgan fingerprint density at radius 3 is 2.34 bits per heavy atom. The molecule has 352 valence electrons. The number of benzene rings is 5. The minimum absolute atomic E-state index is 0.0897. The SMILES string of the molecule is COc1cc(CNCC(O)c2ccc(O)c3[nH]c(=O)ccc23)ccc1C(=O)NCC(=O)N1CC=C(c2cccc(C(O)(C(=O)OCC3CCN(Cc4ccccc4)CC3)c3ccccc3)c2)CC1. The predicted octanol–water partition coefficient (Wildman–Crippen LogP) is 5.80. The molecule has 3 heterocycles. The van der Waals surface area contributed by atoms with E-state index in [9.17, 15) is 34.5 Å². The summed E-state index contributed by atoms with van der Waals surface area (Å²) in [7, 11) is 1.46. The number of nitrogens with one attached hydrogen (secondary N) is 3. The molecule has 5 aromatic carbocycles. The largest absolute Gasteiger partial charge is 0.506 e. The molecular formula is C54H57N5O9. The van der Waals surface area contributed by atoms with Crippen molar-refractivity contribution in [3.8, 4) is 11.5 Å². The number of aromatic amines is 1. The molecule has 0 radical (unpaired) electrons. The van der Waals surface area contributed by atoms with Gasteiger partial charge in [-0.25, -0.2) is 4.79 Å². The molecule has 14 nitrogen and oxygen atoms in total. The van der Waals surface area contributed by atoms with E-state index in [1.54, 1.807) is 65.6 Å². The van der Waals surface area contributed by atoms with Gasteiger partial charge >= 0.3 is 5.97 Å². The summed E-state index contributed by atoms with van der Waals surface area (Å²) in [4.78, 5) is 59.1. The highest BCUT2D eigenvalue weighted by atomic mass is 16.5. The molecule has 2 atom stereocenters. The molecular weight excluding hydrogens is 863 g/mol. The summed E-state index contributed by atoms with van der Waals surface area (Å²) >= 11 is 0. The van der Waals surface area contributed by atoms with Crippen LogP contribution in [0.15, 0.2) is 138 Å². The molecule has 2 aliphatic heterocycles. The number of aliphatic hydroxyl groups is 2. The molecule has 0 saturated carbocycles. The summed E-state index contributed by atoms with van der Waals surface area (Å²) in [5.41, 5.74) is 3.30. The molecule has 0 aliphatic carbocycles. The number of aromatic hydroxyl groups is 1. The third-order valence-electron chi connectivity index (χ3n) is 12.9. The van der Waals surface area contributed by atoms with Crippen LogP contribution < -0.4 is 20.9 Å². The third kappa shape index (κ3) is 11.0. The topological polar surface area (TPSA) is 194 Å². The van der Waals surface area contributed by atoms with Crippen molar-refractivity contribution in [1.82, 2.24) is 25.4 Å². The van der Waals surface area contributed by atoms with Gasteiger partial charge in [-0.15, -0.1) is 0 Å². The number of fused-ring (bicyclic) bond motifs is 1. The molecule has 1 aromatic heterocycles. The number of pyridine rings is 1. The Morgan fingerprint density at radius 1 is 0.853 bits per heavy atom. The Bertz CT molecular complexity index is 2830. The first-order valence-corrected chi connectivity index (χ1v) is 23.0. The molecule has 2 amide bonds. The fourth-order valence-electron chi connectivity index (χ4n) is 9.04. The van der Waals surface area contributed by atoms with Gasteiger partial charge in [-0.1, -0.05) is 97.1 Å². The fourth-order valence-corrected chi connectivity index (χ4v) is 9.04. The first kappa shape index (κ1) is 47.4. The van der Waals surface area contributed by atoms with Crippen molar-refractivity contribution in [2.45, 2.75) is 44.1 Å². The molecule has 8 rings (SSSR count). The minimum Gasteiger partial charge on any atom is -0.506 e. The Balaban J connectivity index is 0.837. The van der Waals surface area contributed by atoms with Gasteiger partial charge < -0.3 is 45.3 Å². The highest BCUT2D eigenvalue weighted by molar-refractivity contribution is 5.99. The van der Waals surface area contributed by atoms with E-state index in [-0.39, 0.29) is 53.9 Å². The van der Waals surface area contributed by atoms with Crippen molar-refractivity contribution in [3.05, 3.63) is 183 Å². The van der Waals surface area contributed by atoms with Crippen LogP contribution in [0.1, 0.15) is 69.1 Å². The molecule has 0 spiro atoms. The second kappa shape index (κ2) is 21.7. The van der Waals surface area contributed by atoms with Gasteiger partial charge in [-0.05, 0) is 102 Å². The molecule has 1 fully saturated rings. The fraction of sp³-hybridized carbons (Fsp3) is 0.296. The number of phenolic OH excluding ortho intramolecular Hbond substituents is 1. The van der Waals surface area contributed by atoms with Crippen LogP contribution in [-0.4, -0.2) is 101 Å². The Hall–Kier alpha value is -7.10. The molecule has 6 N–H and O–H groups in total. The Labute approximate surface area is 394 Å². The number of nitrogens with zero attached hydrogens (tertiary/aromatic N) is 2. The highest BCUT2D eigenvalue weighted by Crippen LogP contribution is 2.35.